The first-order valence-corrected chi connectivity index (χ1v) is 9.17. The van der Waals surface area contributed by atoms with Crippen molar-refractivity contribution in [2.75, 3.05) is 5.75 Å². The average molecular weight is 334 g/mol. The maximum Gasteiger partial charge on any atom is 0.257 e. The van der Waals surface area contributed by atoms with Crippen molar-refractivity contribution in [2.45, 2.75) is 37.6 Å². The molecule has 1 amide bonds. The van der Waals surface area contributed by atoms with Crippen molar-refractivity contribution >= 4 is 15.7 Å². The number of nitrogens with zero attached hydrogens (tertiary/aromatic N) is 1. The van der Waals surface area contributed by atoms with E-state index in [1.54, 1.807) is 31.2 Å². The molecule has 0 aliphatic carbocycles. The van der Waals surface area contributed by atoms with Gasteiger partial charge in [-0.25, -0.2) is 8.42 Å². The minimum Gasteiger partial charge on any atom is -0.361 e. The number of hydrogen-bond donors (Lipinski definition) is 1. The van der Waals surface area contributed by atoms with Gasteiger partial charge in [-0.2, -0.15) is 0 Å². The summed E-state index contributed by atoms with van der Waals surface area (Å²) >= 11 is 0. The number of sulfone groups is 1. The maximum atomic E-state index is 12.6. The van der Waals surface area contributed by atoms with Gasteiger partial charge in [-0.05, 0) is 31.4 Å². The summed E-state index contributed by atoms with van der Waals surface area (Å²) in [5.41, 5.74) is 1.69. The lowest BCUT2D eigenvalue weighted by Gasteiger charge is -2.26. The molecule has 2 heterocycles. The molecule has 0 unspecified atom stereocenters. The molecule has 1 N–H and O–H groups in total. The highest BCUT2D eigenvalue weighted by atomic mass is 32.2. The molecule has 1 aliphatic heterocycles. The third kappa shape index (κ3) is 2.76. The number of hydrogen-bond acceptors (Lipinski definition) is 5. The largest absolute Gasteiger partial charge is 0.361 e. The van der Waals surface area contributed by atoms with E-state index in [9.17, 15) is 13.2 Å². The fraction of sp³-hybridized carbons (Fsp3) is 0.375. The zero-order chi connectivity index (χ0) is 16.6. The van der Waals surface area contributed by atoms with Crippen LogP contribution in [0.15, 0.2) is 33.7 Å². The van der Waals surface area contributed by atoms with Crippen LogP contribution in [0.3, 0.4) is 0 Å². The quantitative estimate of drug-likeness (QED) is 0.929. The normalized spacial score (nSPS) is 19.1. The molecule has 7 heteroatoms. The van der Waals surface area contributed by atoms with Gasteiger partial charge in [0.1, 0.15) is 11.3 Å². The Morgan fingerprint density at radius 3 is 2.87 bits per heavy atom. The van der Waals surface area contributed by atoms with E-state index in [0.717, 1.165) is 0 Å². The Hall–Kier alpha value is -2.15. The van der Waals surface area contributed by atoms with Gasteiger partial charge in [-0.15, -0.1) is 0 Å². The second-order valence-electron chi connectivity index (χ2n) is 5.59. The van der Waals surface area contributed by atoms with Crippen LogP contribution < -0.4 is 5.32 Å². The van der Waals surface area contributed by atoms with E-state index in [1.165, 1.54) is 0 Å². The molecule has 0 spiro atoms. The molecule has 122 valence electrons. The third-order valence-corrected chi connectivity index (χ3v) is 5.92. The van der Waals surface area contributed by atoms with E-state index in [-0.39, 0.29) is 17.7 Å². The molecule has 0 saturated heterocycles. The van der Waals surface area contributed by atoms with Crippen molar-refractivity contribution in [1.82, 2.24) is 10.5 Å². The predicted octanol–water partition coefficient (Wildman–Crippen LogP) is 2.19. The maximum absolute atomic E-state index is 12.6. The van der Waals surface area contributed by atoms with E-state index >= 15 is 0 Å². The van der Waals surface area contributed by atoms with Crippen molar-refractivity contribution in [3.8, 4) is 0 Å². The van der Waals surface area contributed by atoms with Gasteiger partial charge in [0.15, 0.2) is 9.84 Å². The van der Waals surface area contributed by atoms with Gasteiger partial charge in [-0.1, -0.05) is 30.3 Å². The van der Waals surface area contributed by atoms with Gasteiger partial charge < -0.3 is 9.84 Å². The van der Waals surface area contributed by atoms with Crippen LogP contribution >= 0.6 is 0 Å². The van der Waals surface area contributed by atoms with Gasteiger partial charge in [0.25, 0.3) is 5.91 Å². The molecule has 1 atom stereocenters. The monoisotopic (exact) mass is 334 g/mol. The molecule has 0 fully saturated rings. The van der Waals surface area contributed by atoms with E-state index < -0.39 is 9.84 Å². The Kier molecular flexibility index (Phi) is 3.97. The fourth-order valence-electron chi connectivity index (χ4n) is 2.92. The summed E-state index contributed by atoms with van der Waals surface area (Å²) in [5.74, 6) is 0.217. The van der Waals surface area contributed by atoms with E-state index in [2.05, 4.69) is 10.5 Å². The lowest BCUT2D eigenvalue weighted by atomic mass is 10.0. The second kappa shape index (κ2) is 5.81. The first-order valence-electron chi connectivity index (χ1n) is 7.51. The SMILES string of the molecule is CCc1noc(C)c1C(=O)N[C@@H]1CCS(=O)(=O)c2ccccc21. The summed E-state index contributed by atoms with van der Waals surface area (Å²) in [4.78, 5) is 12.9. The molecule has 0 saturated carbocycles. The van der Waals surface area contributed by atoms with Gasteiger partial charge in [0, 0.05) is 0 Å². The van der Waals surface area contributed by atoms with Crippen LogP contribution in [-0.4, -0.2) is 25.2 Å². The molecule has 2 aromatic rings. The smallest absolute Gasteiger partial charge is 0.257 e. The van der Waals surface area contributed by atoms with Crippen LogP contribution in [0, 0.1) is 6.92 Å². The first-order chi connectivity index (χ1) is 10.9. The summed E-state index contributed by atoms with van der Waals surface area (Å²) in [6.07, 6.45) is 0.951. The minimum atomic E-state index is -3.27. The first kappa shape index (κ1) is 15.7. The van der Waals surface area contributed by atoms with Crippen LogP contribution in [0.25, 0.3) is 0 Å². The van der Waals surface area contributed by atoms with Gasteiger partial charge in [-0.3, -0.25) is 4.79 Å². The zero-order valence-electron chi connectivity index (χ0n) is 13.0. The summed E-state index contributed by atoms with van der Waals surface area (Å²) in [6.45, 7) is 3.59. The number of aryl methyl sites for hydroxylation is 2. The van der Waals surface area contributed by atoms with Crippen molar-refractivity contribution in [3.05, 3.63) is 46.8 Å². The van der Waals surface area contributed by atoms with Gasteiger partial charge >= 0.3 is 0 Å². The van der Waals surface area contributed by atoms with Crippen molar-refractivity contribution in [1.29, 1.82) is 0 Å². The molecule has 3 rings (SSSR count). The number of benzene rings is 1. The molecule has 0 radical (unpaired) electrons. The predicted molar refractivity (Wildman–Crippen MR) is 83.9 cm³/mol. The lowest BCUT2D eigenvalue weighted by Crippen LogP contribution is -2.34. The Bertz CT molecular complexity index is 855. The van der Waals surface area contributed by atoms with Gasteiger partial charge in [0.05, 0.1) is 22.4 Å². The Morgan fingerprint density at radius 1 is 1.39 bits per heavy atom. The van der Waals surface area contributed by atoms with Gasteiger partial charge in [0.2, 0.25) is 0 Å². The fourth-order valence-corrected chi connectivity index (χ4v) is 4.54. The average Bonchev–Trinajstić information content (AvgIpc) is 2.91. The molecule has 0 bridgehead atoms. The number of aromatic nitrogens is 1. The molecule has 1 aromatic heterocycles. The summed E-state index contributed by atoms with van der Waals surface area (Å²) in [7, 11) is -3.27. The number of carbonyl (C=O) groups excluding carboxylic acids is 1. The molecular formula is C16H18N2O4S. The van der Waals surface area contributed by atoms with Crippen molar-refractivity contribution in [2.24, 2.45) is 0 Å². The van der Waals surface area contributed by atoms with Crippen LogP contribution in [0.5, 0.6) is 0 Å². The van der Waals surface area contributed by atoms with Crippen LogP contribution in [0.4, 0.5) is 0 Å². The van der Waals surface area contributed by atoms with E-state index in [4.69, 9.17) is 4.52 Å². The minimum absolute atomic E-state index is 0.0260. The number of nitrogens with one attached hydrogen (secondary N) is 1. The highest BCUT2D eigenvalue weighted by Crippen LogP contribution is 2.32. The number of fused-ring (bicyclic) bond motifs is 1. The van der Waals surface area contributed by atoms with Crippen molar-refractivity contribution in [3.63, 3.8) is 0 Å². The lowest BCUT2D eigenvalue weighted by molar-refractivity contribution is 0.0932. The topological polar surface area (TPSA) is 89.3 Å². The third-order valence-electron chi connectivity index (χ3n) is 4.11. The zero-order valence-corrected chi connectivity index (χ0v) is 13.8. The number of rotatable bonds is 3. The second-order valence-corrected chi connectivity index (χ2v) is 7.66. The molecule has 6 nitrogen and oxygen atoms in total. The molecule has 23 heavy (non-hydrogen) atoms. The number of carbonyl (C=O) groups is 1. The highest BCUT2D eigenvalue weighted by molar-refractivity contribution is 7.91. The Labute approximate surface area is 134 Å². The molecule has 1 aromatic carbocycles. The van der Waals surface area contributed by atoms with Crippen LogP contribution in [-0.2, 0) is 16.3 Å². The molecular weight excluding hydrogens is 316 g/mol. The van der Waals surface area contributed by atoms with E-state index in [1.807, 2.05) is 6.92 Å². The Morgan fingerprint density at radius 2 is 2.13 bits per heavy atom. The van der Waals surface area contributed by atoms with Crippen LogP contribution in [0.1, 0.15) is 46.8 Å². The number of amides is 1. The molecule has 1 aliphatic rings. The summed E-state index contributed by atoms with van der Waals surface area (Å²) in [6, 6.07) is 6.48. The Balaban J connectivity index is 1.92. The highest BCUT2D eigenvalue weighted by Gasteiger charge is 2.32. The standard InChI is InChI=1S/C16H18N2O4S/c1-3-12-15(10(2)22-18-12)16(19)17-13-8-9-23(20,21)14-7-5-4-6-11(13)14/h4-7,13H,3,8-9H2,1-2H3,(H,17,19)/t13-/m1/s1. The summed E-state index contributed by atoms with van der Waals surface area (Å²) < 4.78 is 29.4. The van der Waals surface area contributed by atoms with Crippen molar-refractivity contribution < 1.29 is 17.7 Å². The van der Waals surface area contributed by atoms with E-state index in [0.29, 0.717) is 40.3 Å². The summed E-state index contributed by atoms with van der Waals surface area (Å²) in [5, 5.41) is 6.81. The van der Waals surface area contributed by atoms with Crippen LogP contribution in [0.2, 0.25) is 0 Å².